The summed E-state index contributed by atoms with van der Waals surface area (Å²) in [7, 11) is -3.65. The Balaban J connectivity index is 2.28. The minimum atomic E-state index is -3.65. The number of hydrogen-bond acceptors (Lipinski definition) is 4. The molecule has 0 aliphatic carbocycles. The zero-order chi connectivity index (χ0) is 13.6. The Morgan fingerprint density at radius 1 is 1.44 bits per heavy atom. The highest BCUT2D eigenvalue weighted by atomic mass is 32.2. The van der Waals surface area contributed by atoms with Crippen LogP contribution in [0.15, 0.2) is 18.2 Å². The molecule has 1 aliphatic rings. The molecule has 1 saturated heterocycles. The summed E-state index contributed by atoms with van der Waals surface area (Å²) in [5, 5.41) is 0. The monoisotopic (exact) mass is 278 g/mol. The van der Waals surface area contributed by atoms with Gasteiger partial charge >= 0.3 is 0 Å². The van der Waals surface area contributed by atoms with Crippen LogP contribution in [0.2, 0.25) is 0 Å². The van der Waals surface area contributed by atoms with Crippen molar-refractivity contribution in [2.75, 3.05) is 12.9 Å². The van der Waals surface area contributed by atoms with Gasteiger partial charge in [-0.1, -0.05) is 6.07 Å². The Labute approximate surface area is 104 Å². The van der Waals surface area contributed by atoms with Gasteiger partial charge < -0.3 is 4.74 Å². The molecule has 0 unspecified atom stereocenters. The van der Waals surface area contributed by atoms with Gasteiger partial charge in [0.05, 0.1) is 12.4 Å². The van der Waals surface area contributed by atoms with Crippen molar-refractivity contribution < 1.29 is 26.1 Å². The van der Waals surface area contributed by atoms with Gasteiger partial charge in [0.2, 0.25) is 0 Å². The maximum absolute atomic E-state index is 13.7. The van der Waals surface area contributed by atoms with Gasteiger partial charge in [-0.2, -0.15) is 8.42 Å². The first-order valence-electron chi connectivity index (χ1n) is 5.22. The van der Waals surface area contributed by atoms with Crippen molar-refractivity contribution in [3.05, 3.63) is 35.4 Å². The van der Waals surface area contributed by atoms with Crippen LogP contribution in [0.5, 0.6) is 0 Å². The molecular formula is C11H12F2O4S. The van der Waals surface area contributed by atoms with E-state index >= 15 is 0 Å². The topological polar surface area (TPSA) is 55.9 Å². The van der Waals surface area contributed by atoms with Crippen LogP contribution in [0, 0.1) is 11.6 Å². The summed E-state index contributed by atoms with van der Waals surface area (Å²) in [5.41, 5.74) is -1.05. The van der Waals surface area contributed by atoms with E-state index in [0.29, 0.717) is 0 Å². The van der Waals surface area contributed by atoms with Gasteiger partial charge in [-0.05, 0) is 13.0 Å². The Hall–Kier alpha value is -1.05. The predicted octanol–water partition coefficient (Wildman–Crippen LogP) is 1.56. The van der Waals surface area contributed by atoms with Crippen LogP contribution >= 0.6 is 0 Å². The second-order valence-corrected chi connectivity index (χ2v) is 5.88. The minimum Gasteiger partial charge on any atom is -0.359 e. The maximum atomic E-state index is 13.7. The predicted molar refractivity (Wildman–Crippen MR) is 59.4 cm³/mol. The van der Waals surface area contributed by atoms with Crippen molar-refractivity contribution in [1.82, 2.24) is 0 Å². The number of epoxide rings is 1. The van der Waals surface area contributed by atoms with Gasteiger partial charge in [0, 0.05) is 11.6 Å². The standard InChI is InChI=1S/C11H12F2O4S/c1-7-11(17-7,6-16-18(2,14)15)9-4-3-8(12)5-10(9)13/h3-5,7H,6H2,1-2H3/t7-,11+/m0/s1. The lowest BCUT2D eigenvalue weighted by atomic mass is 9.96. The van der Waals surface area contributed by atoms with Crippen molar-refractivity contribution in [3.63, 3.8) is 0 Å². The molecule has 1 heterocycles. The highest BCUT2D eigenvalue weighted by molar-refractivity contribution is 7.85. The molecule has 4 nitrogen and oxygen atoms in total. The molecule has 0 bridgehead atoms. The second kappa shape index (κ2) is 4.25. The minimum absolute atomic E-state index is 0.0973. The summed E-state index contributed by atoms with van der Waals surface area (Å²) in [6.45, 7) is 1.34. The second-order valence-electron chi connectivity index (χ2n) is 4.24. The van der Waals surface area contributed by atoms with E-state index in [-0.39, 0.29) is 18.3 Å². The third-order valence-electron chi connectivity index (χ3n) is 2.86. The van der Waals surface area contributed by atoms with Gasteiger partial charge in [-0.15, -0.1) is 0 Å². The highest BCUT2D eigenvalue weighted by Gasteiger charge is 2.57. The Kier molecular flexibility index (Phi) is 3.16. The van der Waals surface area contributed by atoms with Crippen LogP contribution in [-0.2, 0) is 24.6 Å². The van der Waals surface area contributed by atoms with Gasteiger partial charge in [0.15, 0.2) is 0 Å². The molecule has 1 aromatic rings. The number of hydrogen-bond donors (Lipinski definition) is 0. The number of halogens is 2. The van der Waals surface area contributed by atoms with Crippen LogP contribution in [0.1, 0.15) is 12.5 Å². The fourth-order valence-electron chi connectivity index (χ4n) is 1.82. The van der Waals surface area contributed by atoms with Gasteiger partial charge in [0.25, 0.3) is 10.1 Å². The number of rotatable bonds is 4. The molecule has 2 atom stereocenters. The summed E-state index contributed by atoms with van der Waals surface area (Å²) >= 11 is 0. The van der Waals surface area contributed by atoms with Crippen LogP contribution in [0.4, 0.5) is 8.78 Å². The lowest BCUT2D eigenvalue weighted by Crippen LogP contribution is -2.23. The lowest BCUT2D eigenvalue weighted by Gasteiger charge is -2.13. The van der Waals surface area contributed by atoms with E-state index < -0.39 is 27.4 Å². The van der Waals surface area contributed by atoms with Crippen molar-refractivity contribution in [2.24, 2.45) is 0 Å². The molecule has 2 rings (SSSR count). The van der Waals surface area contributed by atoms with E-state index in [1.165, 1.54) is 6.07 Å². The Morgan fingerprint density at radius 3 is 2.50 bits per heavy atom. The molecule has 0 radical (unpaired) electrons. The fourth-order valence-corrected chi connectivity index (χ4v) is 2.21. The van der Waals surface area contributed by atoms with Crippen LogP contribution in [0.3, 0.4) is 0 Å². The van der Waals surface area contributed by atoms with Crippen molar-refractivity contribution in [3.8, 4) is 0 Å². The molecule has 1 aliphatic heterocycles. The first kappa shape index (κ1) is 13.4. The molecule has 0 amide bonds. The van der Waals surface area contributed by atoms with Gasteiger partial charge in [-0.25, -0.2) is 8.78 Å². The largest absolute Gasteiger partial charge is 0.359 e. The molecule has 1 aromatic carbocycles. The number of ether oxygens (including phenoxy) is 1. The lowest BCUT2D eigenvalue weighted by molar-refractivity contribution is 0.191. The molecule has 18 heavy (non-hydrogen) atoms. The average molecular weight is 278 g/mol. The Bertz CT molecular complexity index is 572. The summed E-state index contributed by atoms with van der Waals surface area (Å²) in [4.78, 5) is 0. The van der Waals surface area contributed by atoms with E-state index in [0.717, 1.165) is 18.4 Å². The van der Waals surface area contributed by atoms with E-state index in [4.69, 9.17) is 4.74 Å². The van der Waals surface area contributed by atoms with Gasteiger partial charge in [0.1, 0.15) is 23.8 Å². The first-order valence-corrected chi connectivity index (χ1v) is 7.04. The average Bonchev–Trinajstić information content (AvgIpc) is 2.86. The third-order valence-corrected chi connectivity index (χ3v) is 3.41. The van der Waals surface area contributed by atoms with E-state index in [9.17, 15) is 17.2 Å². The SMILES string of the molecule is C[C@@H]1O[C@@]1(COS(C)(=O)=O)c1ccc(F)cc1F. The van der Waals surface area contributed by atoms with Gasteiger partial charge in [-0.3, -0.25) is 4.18 Å². The van der Waals surface area contributed by atoms with E-state index in [1.54, 1.807) is 6.92 Å². The molecule has 0 spiro atoms. The quantitative estimate of drug-likeness (QED) is 0.619. The fraction of sp³-hybridized carbons (Fsp3) is 0.455. The van der Waals surface area contributed by atoms with Crippen LogP contribution in [-0.4, -0.2) is 27.4 Å². The zero-order valence-corrected chi connectivity index (χ0v) is 10.6. The summed E-state index contributed by atoms with van der Waals surface area (Å²) in [5.74, 6) is -1.49. The number of benzene rings is 1. The van der Waals surface area contributed by atoms with Crippen molar-refractivity contribution in [2.45, 2.75) is 18.6 Å². The molecule has 1 fully saturated rings. The van der Waals surface area contributed by atoms with Crippen LogP contribution in [0.25, 0.3) is 0 Å². The normalized spacial score (nSPS) is 27.2. The maximum Gasteiger partial charge on any atom is 0.264 e. The molecule has 100 valence electrons. The zero-order valence-electron chi connectivity index (χ0n) is 9.81. The summed E-state index contributed by atoms with van der Waals surface area (Å²) in [6, 6.07) is 3.06. The molecule has 0 aromatic heterocycles. The first-order chi connectivity index (χ1) is 8.24. The summed E-state index contributed by atoms with van der Waals surface area (Å²) in [6.07, 6.45) is 0.508. The highest BCUT2D eigenvalue weighted by Crippen LogP contribution is 2.47. The van der Waals surface area contributed by atoms with Crippen LogP contribution < -0.4 is 0 Å². The van der Waals surface area contributed by atoms with Crippen molar-refractivity contribution in [1.29, 1.82) is 0 Å². The molecular weight excluding hydrogens is 266 g/mol. The van der Waals surface area contributed by atoms with E-state index in [1.807, 2.05) is 0 Å². The smallest absolute Gasteiger partial charge is 0.264 e. The Morgan fingerprint density at radius 2 is 2.06 bits per heavy atom. The van der Waals surface area contributed by atoms with E-state index in [2.05, 4.69) is 4.18 Å². The summed E-state index contributed by atoms with van der Waals surface area (Å²) < 4.78 is 58.3. The molecule has 0 N–H and O–H groups in total. The molecule has 0 saturated carbocycles. The third kappa shape index (κ3) is 2.52. The van der Waals surface area contributed by atoms with Crippen molar-refractivity contribution >= 4 is 10.1 Å². The molecule has 7 heteroatoms.